The number of azo groups is 1. The van der Waals surface area contributed by atoms with Gasteiger partial charge in [-0.25, -0.2) is 0 Å². The summed E-state index contributed by atoms with van der Waals surface area (Å²) < 4.78 is 12.1. The molecule has 1 N–H and O–H groups in total. The number of rotatable bonds is 4. The number of nitrogens with zero attached hydrogens (tertiary/aromatic N) is 3. The Morgan fingerprint density at radius 2 is 2.04 bits per heavy atom. The number of aromatic nitrogens is 1. The Morgan fingerprint density at radius 3 is 2.88 bits per heavy atom. The smallest absolute Gasteiger partial charge is 0.295 e. The lowest BCUT2D eigenvalue weighted by molar-refractivity contribution is 0.0994. The first-order valence-electron chi connectivity index (χ1n) is 7.96. The molecule has 0 radical (unpaired) electrons. The van der Waals surface area contributed by atoms with Crippen molar-refractivity contribution in [1.29, 1.82) is 0 Å². The molecule has 0 aliphatic carbocycles. The highest BCUT2D eigenvalue weighted by Gasteiger charge is 2.18. The Kier molecular flexibility index (Phi) is 3.89. The van der Waals surface area contributed by atoms with Gasteiger partial charge in [0.15, 0.2) is 17.2 Å². The highest BCUT2D eigenvalue weighted by Crippen LogP contribution is 2.39. The minimum Gasteiger partial charge on any atom is -0.493 e. The second-order valence-corrected chi connectivity index (χ2v) is 5.66. The third-order valence-electron chi connectivity index (χ3n) is 4.09. The van der Waals surface area contributed by atoms with Crippen LogP contribution in [0.5, 0.6) is 17.4 Å². The molecule has 1 aliphatic heterocycles. The van der Waals surface area contributed by atoms with Gasteiger partial charge in [0.25, 0.3) is 5.91 Å². The van der Waals surface area contributed by atoms with E-state index < -0.39 is 5.91 Å². The van der Waals surface area contributed by atoms with E-state index in [9.17, 15) is 9.90 Å². The summed E-state index contributed by atoms with van der Waals surface area (Å²) in [6.07, 6.45) is 1.67. The number of amides is 1. The van der Waals surface area contributed by atoms with Crippen LogP contribution in [0.3, 0.4) is 0 Å². The zero-order chi connectivity index (χ0) is 18.1. The topological polar surface area (TPSA) is 85.4 Å². The Morgan fingerprint density at radius 1 is 1.23 bits per heavy atom. The lowest BCUT2D eigenvalue weighted by atomic mass is 10.2. The molecule has 0 atom stereocenters. The molecule has 0 spiro atoms. The van der Waals surface area contributed by atoms with Crippen molar-refractivity contribution < 1.29 is 19.4 Å². The number of ether oxygens (including phenoxy) is 2. The molecule has 1 aromatic heterocycles. The lowest BCUT2D eigenvalue weighted by Gasteiger charge is -2.01. The van der Waals surface area contributed by atoms with E-state index in [1.165, 1.54) is 0 Å². The quantitative estimate of drug-likeness (QED) is 0.565. The van der Waals surface area contributed by atoms with Crippen LogP contribution < -0.4 is 9.47 Å². The summed E-state index contributed by atoms with van der Waals surface area (Å²) in [5.41, 5.74) is 1.36. The summed E-state index contributed by atoms with van der Waals surface area (Å²) in [7, 11) is 0. The van der Waals surface area contributed by atoms with Gasteiger partial charge in [0, 0.05) is 17.5 Å². The number of carbonyl (C=O) groups is 1. The Bertz CT molecular complexity index is 1050. The molecular formula is C19H15N3O4. The predicted octanol–water partition coefficient (Wildman–Crippen LogP) is 4.19. The maximum atomic E-state index is 12.3. The number of para-hydroxylation sites is 1. The molecule has 7 heteroatoms. The summed E-state index contributed by atoms with van der Waals surface area (Å²) in [5.74, 6) is 0.483. The van der Waals surface area contributed by atoms with E-state index in [4.69, 9.17) is 9.47 Å². The fourth-order valence-corrected chi connectivity index (χ4v) is 2.87. The Labute approximate surface area is 148 Å². The van der Waals surface area contributed by atoms with Gasteiger partial charge in [-0.2, -0.15) is 0 Å². The highest BCUT2D eigenvalue weighted by molar-refractivity contribution is 5.97. The molecule has 26 heavy (non-hydrogen) atoms. The minimum atomic E-state index is -0.539. The predicted molar refractivity (Wildman–Crippen MR) is 95.2 cm³/mol. The summed E-state index contributed by atoms with van der Waals surface area (Å²) in [4.78, 5) is 12.3. The molecule has 7 nitrogen and oxygen atoms in total. The Balaban J connectivity index is 1.69. The first kappa shape index (κ1) is 15.9. The van der Waals surface area contributed by atoms with Gasteiger partial charge in [0.2, 0.25) is 12.7 Å². The van der Waals surface area contributed by atoms with Crippen LogP contribution in [0.15, 0.2) is 65.3 Å². The second kappa shape index (κ2) is 6.36. The Hall–Kier alpha value is -3.61. The SMILES string of the molecule is C=CCn1c(O)c(N=NC(=O)c2ccc3c(c2)OCO3)c2ccccc21. The van der Waals surface area contributed by atoms with Crippen LogP contribution in [0, 0.1) is 0 Å². The average Bonchev–Trinajstić information content (AvgIpc) is 3.23. The number of allylic oxidation sites excluding steroid dienone is 1. The van der Waals surface area contributed by atoms with Crippen LogP contribution in [0.4, 0.5) is 5.69 Å². The molecule has 2 heterocycles. The summed E-state index contributed by atoms with van der Waals surface area (Å²) >= 11 is 0. The van der Waals surface area contributed by atoms with Gasteiger partial charge < -0.3 is 19.1 Å². The largest absolute Gasteiger partial charge is 0.493 e. The van der Waals surface area contributed by atoms with E-state index in [0.717, 1.165) is 5.52 Å². The molecular weight excluding hydrogens is 334 g/mol. The van der Waals surface area contributed by atoms with Crippen LogP contribution in [-0.2, 0) is 6.54 Å². The molecule has 4 rings (SSSR count). The van der Waals surface area contributed by atoms with Crippen molar-refractivity contribution >= 4 is 22.5 Å². The fourth-order valence-electron chi connectivity index (χ4n) is 2.87. The van der Waals surface area contributed by atoms with E-state index >= 15 is 0 Å². The first-order valence-corrected chi connectivity index (χ1v) is 7.96. The van der Waals surface area contributed by atoms with Crippen molar-refractivity contribution in [1.82, 2.24) is 4.57 Å². The molecule has 0 saturated carbocycles. The number of hydrogen-bond acceptors (Lipinski definition) is 5. The molecule has 0 unspecified atom stereocenters. The average molecular weight is 349 g/mol. The van der Waals surface area contributed by atoms with Crippen molar-refractivity contribution in [3.63, 3.8) is 0 Å². The van der Waals surface area contributed by atoms with Crippen LogP contribution in [-0.4, -0.2) is 22.4 Å². The van der Waals surface area contributed by atoms with Crippen molar-refractivity contribution in [2.75, 3.05) is 6.79 Å². The van der Waals surface area contributed by atoms with Crippen LogP contribution in [0.1, 0.15) is 10.4 Å². The lowest BCUT2D eigenvalue weighted by Crippen LogP contribution is -1.94. The third kappa shape index (κ3) is 2.59. The van der Waals surface area contributed by atoms with Gasteiger partial charge in [-0.15, -0.1) is 16.8 Å². The molecule has 2 aromatic carbocycles. The standard InChI is InChI=1S/C19H15N3O4/c1-2-9-22-14-6-4-3-5-13(14)17(19(22)24)20-21-18(23)12-7-8-15-16(10-12)26-11-25-15/h2-8,10,24H,1,9,11H2. The zero-order valence-corrected chi connectivity index (χ0v) is 13.8. The number of fused-ring (bicyclic) bond motifs is 2. The van der Waals surface area contributed by atoms with Gasteiger partial charge in [-0.05, 0) is 24.3 Å². The van der Waals surface area contributed by atoms with E-state index in [0.29, 0.717) is 29.0 Å². The van der Waals surface area contributed by atoms with E-state index in [1.807, 2.05) is 24.3 Å². The van der Waals surface area contributed by atoms with E-state index in [1.54, 1.807) is 28.8 Å². The van der Waals surface area contributed by atoms with Crippen molar-refractivity contribution in [2.45, 2.75) is 6.54 Å². The van der Waals surface area contributed by atoms with Crippen LogP contribution in [0.2, 0.25) is 0 Å². The van der Waals surface area contributed by atoms with E-state index in [-0.39, 0.29) is 18.4 Å². The molecule has 0 saturated heterocycles. The second-order valence-electron chi connectivity index (χ2n) is 5.66. The summed E-state index contributed by atoms with van der Waals surface area (Å²) in [6.45, 7) is 4.24. The van der Waals surface area contributed by atoms with Crippen molar-refractivity contribution in [2.24, 2.45) is 10.2 Å². The maximum Gasteiger partial charge on any atom is 0.295 e. The summed E-state index contributed by atoms with van der Waals surface area (Å²) in [5, 5.41) is 18.9. The van der Waals surface area contributed by atoms with Crippen LogP contribution in [0.25, 0.3) is 10.9 Å². The third-order valence-corrected chi connectivity index (χ3v) is 4.09. The van der Waals surface area contributed by atoms with Gasteiger partial charge in [-0.3, -0.25) is 4.79 Å². The molecule has 1 amide bonds. The molecule has 0 fully saturated rings. The van der Waals surface area contributed by atoms with E-state index in [2.05, 4.69) is 16.8 Å². The molecule has 3 aromatic rings. The molecule has 130 valence electrons. The minimum absolute atomic E-state index is 0.0617. The number of benzene rings is 2. The number of hydrogen-bond donors (Lipinski definition) is 1. The fraction of sp³-hybridized carbons (Fsp3) is 0.105. The number of aromatic hydroxyl groups is 1. The van der Waals surface area contributed by atoms with Gasteiger partial charge in [0.1, 0.15) is 0 Å². The van der Waals surface area contributed by atoms with Crippen molar-refractivity contribution in [3.05, 3.63) is 60.7 Å². The zero-order valence-electron chi connectivity index (χ0n) is 13.8. The maximum absolute atomic E-state index is 12.3. The van der Waals surface area contributed by atoms with Gasteiger partial charge in [0.05, 0.1) is 5.52 Å². The molecule has 1 aliphatic rings. The normalized spacial score (nSPS) is 12.8. The summed E-state index contributed by atoms with van der Waals surface area (Å²) in [6, 6.07) is 12.2. The molecule has 0 bridgehead atoms. The highest BCUT2D eigenvalue weighted by atomic mass is 16.7. The number of carbonyl (C=O) groups excluding carboxylic acids is 1. The first-order chi connectivity index (χ1) is 12.7. The monoisotopic (exact) mass is 349 g/mol. The van der Waals surface area contributed by atoms with Crippen LogP contribution >= 0.6 is 0 Å². The van der Waals surface area contributed by atoms with Gasteiger partial charge >= 0.3 is 0 Å². The van der Waals surface area contributed by atoms with Gasteiger partial charge in [-0.1, -0.05) is 24.3 Å². The van der Waals surface area contributed by atoms with Crippen molar-refractivity contribution in [3.8, 4) is 17.4 Å².